The van der Waals surface area contributed by atoms with Crippen LogP contribution in [-0.4, -0.2) is 38.4 Å². The molecule has 0 aliphatic carbocycles. The van der Waals surface area contributed by atoms with Gasteiger partial charge in [-0.2, -0.15) is 8.42 Å². The van der Waals surface area contributed by atoms with Crippen molar-refractivity contribution in [1.82, 2.24) is 24.8 Å². The van der Waals surface area contributed by atoms with Crippen molar-refractivity contribution in [2.75, 3.05) is 5.73 Å². The molecule has 0 fully saturated rings. The quantitative estimate of drug-likeness (QED) is 0.227. The Morgan fingerprint density at radius 1 is 0.881 bits per heavy atom. The van der Waals surface area contributed by atoms with E-state index >= 15 is 0 Å². The largest absolute Gasteiger partial charge is 0.383 e. The predicted molar refractivity (Wildman–Crippen MR) is 159 cm³/mol. The van der Waals surface area contributed by atoms with Crippen LogP contribution in [0, 0.1) is 0 Å². The summed E-state index contributed by atoms with van der Waals surface area (Å²) in [4.78, 5) is 26.4. The summed E-state index contributed by atoms with van der Waals surface area (Å²) in [6.45, 7) is 0.193. The molecule has 42 heavy (non-hydrogen) atoms. The molecule has 0 saturated heterocycles. The van der Waals surface area contributed by atoms with Gasteiger partial charge in [0.2, 0.25) is 0 Å². The van der Waals surface area contributed by atoms with Crippen LogP contribution in [0.4, 0.5) is 5.82 Å². The van der Waals surface area contributed by atoms with E-state index in [1.54, 1.807) is 12.3 Å². The van der Waals surface area contributed by atoms with E-state index in [1.165, 1.54) is 18.2 Å². The van der Waals surface area contributed by atoms with Gasteiger partial charge in [0.1, 0.15) is 11.3 Å². The molecule has 11 heteroatoms. The van der Waals surface area contributed by atoms with Gasteiger partial charge in [0, 0.05) is 29.6 Å². The molecule has 6 rings (SSSR count). The maximum atomic E-state index is 12.7. The van der Waals surface area contributed by atoms with Gasteiger partial charge in [0.15, 0.2) is 11.5 Å². The lowest BCUT2D eigenvalue weighted by Crippen LogP contribution is -2.23. The molecule has 10 nitrogen and oxygen atoms in total. The number of imidazole rings is 1. The average molecular weight is 577 g/mol. The lowest BCUT2D eigenvalue weighted by atomic mass is 10.1. The Balaban J connectivity index is 1.34. The number of nitrogen functional groups attached to an aromatic ring is 1. The summed E-state index contributed by atoms with van der Waals surface area (Å²) in [5.74, 6) is 0.458. The zero-order chi connectivity index (χ0) is 29.3. The van der Waals surface area contributed by atoms with E-state index in [-0.39, 0.29) is 17.0 Å². The third-order valence-corrected chi connectivity index (χ3v) is 7.54. The maximum absolute atomic E-state index is 12.7. The summed E-state index contributed by atoms with van der Waals surface area (Å²) in [6, 6.07) is 30.1. The van der Waals surface area contributed by atoms with E-state index in [0.29, 0.717) is 28.4 Å². The Hall–Kier alpha value is -5.39. The number of nitrogens with zero attached hydrogens (tertiary/aromatic N) is 4. The van der Waals surface area contributed by atoms with Crippen LogP contribution in [-0.2, 0) is 16.7 Å². The van der Waals surface area contributed by atoms with Crippen LogP contribution in [0.3, 0.4) is 0 Å². The van der Waals surface area contributed by atoms with Crippen molar-refractivity contribution in [3.63, 3.8) is 0 Å². The summed E-state index contributed by atoms with van der Waals surface area (Å²) in [5.41, 5.74) is 11.7. The number of pyridine rings is 2. The summed E-state index contributed by atoms with van der Waals surface area (Å²) in [7, 11) is -4.42. The number of anilines is 1. The Morgan fingerprint density at radius 3 is 2.40 bits per heavy atom. The topological polar surface area (TPSA) is 153 Å². The van der Waals surface area contributed by atoms with Crippen LogP contribution in [0.15, 0.2) is 114 Å². The van der Waals surface area contributed by atoms with E-state index in [4.69, 9.17) is 15.7 Å². The third-order valence-electron chi connectivity index (χ3n) is 6.70. The second-order valence-electron chi connectivity index (χ2n) is 9.46. The molecule has 3 heterocycles. The van der Waals surface area contributed by atoms with Crippen LogP contribution in [0.2, 0.25) is 0 Å². The molecule has 6 aromatic rings. The first-order valence-corrected chi connectivity index (χ1v) is 14.3. The number of benzene rings is 3. The van der Waals surface area contributed by atoms with Gasteiger partial charge in [-0.3, -0.25) is 13.9 Å². The Kier molecular flexibility index (Phi) is 6.95. The van der Waals surface area contributed by atoms with Crippen molar-refractivity contribution >= 4 is 33.0 Å². The fourth-order valence-electron chi connectivity index (χ4n) is 4.60. The third kappa shape index (κ3) is 5.33. The molecule has 3 aromatic carbocycles. The van der Waals surface area contributed by atoms with E-state index in [0.717, 1.165) is 28.6 Å². The lowest BCUT2D eigenvalue weighted by molar-refractivity contribution is 0.0950. The van der Waals surface area contributed by atoms with Crippen molar-refractivity contribution < 1.29 is 17.8 Å². The van der Waals surface area contributed by atoms with E-state index < -0.39 is 16.0 Å². The van der Waals surface area contributed by atoms with Gasteiger partial charge in [0.25, 0.3) is 16.0 Å². The molecule has 0 unspecified atom stereocenters. The van der Waals surface area contributed by atoms with Crippen molar-refractivity contribution in [1.29, 1.82) is 0 Å². The molecule has 0 aliphatic rings. The molecule has 0 radical (unpaired) electrons. The summed E-state index contributed by atoms with van der Waals surface area (Å²) >= 11 is 0. The van der Waals surface area contributed by atoms with Crippen LogP contribution < -0.4 is 11.1 Å². The fourth-order valence-corrected chi connectivity index (χ4v) is 5.13. The highest BCUT2D eigenvalue weighted by atomic mass is 32.2. The standard InChI is InChI=1S/C31H24N6O4S/c32-28-25(10-5-17-33-28)29-36-27-16-15-26(21-6-2-1-3-7-21)35-30(27)37(29)23-13-11-20(12-14-23)19-34-31(38)22-8-4-9-24(18-22)42(39,40)41/h1-18H,19H2,(H2,32,33)(H,34,38)(H,39,40,41). The van der Waals surface area contributed by atoms with Gasteiger partial charge in [0.05, 0.1) is 16.2 Å². The van der Waals surface area contributed by atoms with Crippen LogP contribution in [0.25, 0.3) is 39.5 Å². The van der Waals surface area contributed by atoms with Crippen molar-refractivity contribution in [3.8, 4) is 28.3 Å². The number of carbonyl (C=O) groups excluding carboxylic acids is 1. The summed E-state index contributed by atoms with van der Waals surface area (Å²) < 4.78 is 34.1. The first kappa shape index (κ1) is 26.8. The number of rotatable bonds is 7. The molecule has 0 spiro atoms. The number of carbonyl (C=O) groups is 1. The smallest absolute Gasteiger partial charge is 0.294 e. The monoisotopic (exact) mass is 576 g/mol. The molecule has 3 aromatic heterocycles. The van der Waals surface area contributed by atoms with E-state index in [2.05, 4.69) is 10.3 Å². The Labute approximate surface area is 241 Å². The number of nitrogens with one attached hydrogen (secondary N) is 1. The maximum Gasteiger partial charge on any atom is 0.294 e. The second kappa shape index (κ2) is 10.9. The molecule has 0 saturated carbocycles. The minimum absolute atomic E-state index is 0.116. The second-order valence-corrected chi connectivity index (χ2v) is 10.9. The number of nitrogens with two attached hydrogens (primary N) is 1. The number of hydrogen-bond donors (Lipinski definition) is 3. The molecule has 208 valence electrons. The Bertz CT molecular complexity index is 2040. The average Bonchev–Trinajstić information content (AvgIpc) is 3.39. The van der Waals surface area contributed by atoms with Crippen molar-refractivity contribution in [2.45, 2.75) is 11.4 Å². The molecule has 4 N–H and O–H groups in total. The van der Waals surface area contributed by atoms with Gasteiger partial charge in [-0.15, -0.1) is 0 Å². The number of fused-ring (bicyclic) bond motifs is 1. The van der Waals surface area contributed by atoms with E-state index in [1.807, 2.05) is 77.4 Å². The van der Waals surface area contributed by atoms with Crippen LogP contribution in [0.1, 0.15) is 15.9 Å². The van der Waals surface area contributed by atoms with Crippen molar-refractivity contribution in [2.24, 2.45) is 0 Å². The minimum atomic E-state index is -4.42. The zero-order valence-electron chi connectivity index (χ0n) is 22.0. The first-order chi connectivity index (χ1) is 20.3. The number of aromatic nitrogens is 4. The van der Waals surface area contributed by atoms with Crippen molar-refractivity contribution in [3.05, 3.63) is 120 Å². The summed E-state index contributed by atoms with van der Waals surface area (Å²) in [5, 5.41) is 2.78. The molecular weight excluding hydrogens is 552 g/mol. The predicted octanol–water partition coefficient (Wildman–Crippen LogP) is 4.91. The van der Waals surface area contributed by atoms with Gasteiger partial charge >= 0.3 is 0 Å². The molecule has 0 aliphatic heterocycles. The molecule has 0 atom stereocenters. The normalized spacial score (nSPS) is 11.5. The fraction of sp³-hybridized carbons (Fsp3) is 0.0323. The van der Waals surface area contributed by atoms with E-state index in [9.17, 15) is 17.8 Å². The zero-order valence-corrected chi connectivity index (χ0v) is 22.9. The highest BCUT2D eigenvalue weighted by Crippen LogP contribution is 2.31. The lowest BCUT2D eigenvalue weighted by Gasteiger charge is -2.12. The van der Waals surface area contributed by atoms with Gasteiger partial charge in [-0.25, -0.2) is 15.0 Å². The molecule has 1 amide bonds. The first-order valence-electron chi connectivity index (χ1n) is 12.9. The van der Waals surface area contributed by atoms with Gasteiger partial charge in [-0.05, 0) is 60.2 Å². The summed E-state index contributed by atoms with van der Waals surface area (Å²) in [6.07, 6.45) is 1.62. The number of hydrogen-bond acceptors (Lipinski definition) is 7. The highest BCUT2D eigenvalue weighted by Gasteiger charge is 2.19. The molecular formula is C31H24N6O4S. The SMILES string of the molecule is Nc1ncccc1-c1nc2ccc(-c3ccccc3)nc2n1-c1ccc(CNC(=O)c2cccc(S(=O)(=O)O)c2)cc1. The molecule has 0 bridgehead atoms. The van der Waals surface area contributed by atoms with Gasteiger partial charge in [-0.1, -0.05) is 48.5 Å². The Morgan fingerprint density at radius 2 is 1.67 bits per heavy atom. The van der Waals surface area contributed by atoms with Gasteiger partial charge < -0.3 is 11.1 Å². The highest BCUT2D eigenvalue weighted by molar-refractivity contribution is 7.85. The van der Waals surface area contributed by atoms with Crippen LogP contribution in [0.5, 0.6) is 0 Å². The van der Waals surface area contributed by atoms with Crippen LogP contribution >= 0.6 is 0 Å². The minimum Gasteiger partial charge on any atom is -0.383 e. The number of amides is 1.